The van der Waals surface area contributed by atoms with E-state index in [-0.39, 0.29) is 25.5 Å². The van der Waals surface area contributed by atoms with E-state index < -0.39 is 29.5 Å². The van der Waals surface area contributed by atoms with Gasteiger partial charge in [0.2, 0.25) is 5.91 Å². The van der Waals surface area contributed by atoms with Crippen LogP contribution in [0.4, 0.5) is 5.69 Å². The molecule has 1 aliphatic heterocycles. The molecule has 11 nitrogen and oxygen atoms in total. The second-order valence-corrected chi connectivity index (χ2v) is 12.2. The van der Waals surface area contributed by atoms with E-state index in [2.05, 4.69) is 5.32 Å². The van der Waals surface area contributed by atoms with Crippen molar-refractivity contribution in [1.29, 1.82) is 0 Å². The standard InChI is InChI=1S/C35H41ClN2O9/c1-35(2,21-39)20-38-27-15-12-23(36)18-26(27)31(25-8-6-9-28(43-3)32(25)44-4)47-29(33(38)41)19-30(40)37-16-7-17-46-24-13-10-22(11-14-24)34(42)45-5/h6,8-15,18,29,31,39H,7,16-17,19-21H2,1-5H3,(H,37,40)/t29-,31-/m1/s1. The molecule has 0 spiro atoms. The summed E-state index contributed by atoms with van der Waals surface area (Å²) in [7, 11) is 4.36. The molecular weight excluding hydrogens is 628 g/mol. The lowest BCUT2D eigenvalue weighted by Crippen LogP contribution is -2.46. The lowest BCUT2D eigenvalue weighted by atomic mass is 9.92. The molecule has 2 amide bonds. The molecule has 0 saturated heterocycles. The lowest BCUT2D eigenvalue weighted by Gasteiger charge is -2.32. The molecule has 252 valence electrons. The number of rotatable bonds is 14. The average molecular weight is 669 g/mol. The van der Waals surface area contributed by atoms with Gasteiger partial charge in [-0.2, -0.15) is 0 Å². The maximum Gasteiger partial charge on any atom is 0.337 e. The maximum absolute atomic E-state index is 14.2. The first-order valence-electron chi connectivity index (χ1n) is 15.2. The topological polar surface area (TPSA) is 133 Å². The van der Waals surface area contributed by atoms with Gasteiger partial charge in [-0.05, 0) is 55.0 Å². The number of nitrogens with one attached hydrogen (secondary N) is 1. The molecule has 1 aliphatic rings. The Labute approximate surface area is 279 Å². The van der Waals surface area contributed by atoms with E-state index in [4.69, 9.17) is 35.3 Å². The second-order valence-electron chi connectivity index (χ2n) is 11.8. The highest BCUT2D eigenvalue weighted by Gasteiger charge is 2.40. The van der Waals surface area contributed by atoms with Crippen molar-refractivity contribution in [1.82, 2.24) is 5.32 Å². The predicted octanol–water partition coefficient (Wildman–Crippen LogP) is 4.96. The number of benzene rings is 3. The van der Waals surface area contributed by atoms with Crippen molar-refractivity contribution < 1.29 is 43.2 Å². The summed E-state index contributed by atoms with van der Waals surface area (Å²) in [6.07, 6.45) is -1.79. The summed E-state index contributed by atoms with van der Waals surface area (Å²) in [6.45, 7) is 4.30. The fraction of sp³-hybridized carbons (Fsp3) is 0.400. The van der Waals surface area contributed by atoms with E-state index >= 15 is 0 Å². The smallest absolute Gasteiger partial charge is 0.337 e. The molecule has 1 heterocycles. The van der Waals surface area contributed by atoms with Crippen LogP contribution in [0.25, 0.3) is 0 Å². The Morgan fingerprint density at radius 3 is 2.43 bits per heavy atom. The van der Waals surface area contributed by atoms with Crippen molar-refractivity contribution in [2.45, 2.75) is 38.9 Å². The van der Waals surface area contributed by atoms with Gasteiger partial charge in [0.1, 0.15) is 18.0 Å². The Hall–Kier alpha value is -4.32. The number of fused-ring (bicyclic) bond motifs is 1. The number of amides is 2. The number of carbonyl (C=O) groups is 3. The zero-order chi connectivity index (χ0) is 34.1. The van der Waals surface area contributed by atoms with Crippen LogP contribution >= 0.6 is 11.6 Å². The van der Waals surface area contributed by atoms with Gasteiger partial charge in [-0.25, -0.2) is 4.79 Å². The van der Waals surface area contributed by atoms with Crippen LogP contribution in [0.2, 0.25) is 5.02 Å². The first-order valence-corrected chi connectivity index (χ1v) is 15.6. The van der Waals surface area contributed by atoms with E-state index in [1.165, 1.54) is 21.3 Å². The average Bonchev–Trinajstić information content (AvgIpc) is 3.17. The number of halogens is 1. The van der Waals surface area contributed by atoms with E-state index in [1.54, 1.807) is 59.5 Å². The molecule has 0 unspecified atom stereocenters. The molecule has 12 heteroatoms. The van der Waals surface area contributed by atoms with Crippen molar-refractivity contribution in [2.75, 3.05) is 52.5 Å². The number of hydrogen-bond acceptors (Lipinski definition) is 9. The zero-order valence-corrected chi connectivity index (χ0v) is 28.0. The SMILES string of the molecule is COC(=O)c1ccc(OCCCNC(=O)C[C@H]2O[C@H](c3cccc(OC)c3OC)c3cc(Cl)ccc3N(CC(C)(C)CO)C2=O)cc1. The summed E-state index contributed by atoms with van der Waals surface area (Å²) < 4.78 is 28.2. The van der Waals surface area contributed by atoms with Gasteiger partial charge < -0.3 is 39.0 Å². The fourth-order valence-corrected chi connectivity index (χ4v) is 5.42. The number of aliphatic hydroxyl groups is 1. The number of carbonyl (C=O) groups excluding carboxylic acids is 3. The van der Waals surface area contributed by atoms with Gasteiger partial charge >= 0.3 is 5.97 Å². The summed E-state index contributed by atoms with van der Waals surface area (Å²) in [4.78, 5) is 40.6. The summed E-state index contributed by atoms with van der Waals surface area (Å²) >= 11 is 6.48. The largest absolute Gasteiger partial charge is 0.494 e. The van der Waals surface area contributed by atoms with Crippen LogP contribution in [0, 0.1) is 5.41 Å². The highest BCUT2D eigenvalue weighted by atomic mass is 35.5. The first-order chi connectivity index (χ1) is 22.5. The minimum atomic E-state index is -1.18. The molecule has 2 atom stereocenters. The van der Waals surface area contributed by atoms with E-state index in [0.717, 1.165) is 0 Å². The normalized spacial score (nSPS) is 16.1. The molecule has 3 aromatic rings. The van der Waals surface area contributed by atoms with Crippen LogP contribution in [0.1, 0.15) is 54.3 Å². The highest BCUT2D eigenvalue weighted by Crippen LogP contribution is 2.45. The third-order valence-electron chi connectivity index (χ3n) is 7.69. The Kier molecular flexibility index (Phi) is 12.1. The van der Waals surface area contributed by atoms with Gasteiger partial charge in [-0.15, -0.1) is 0 Å². The number of hydrogen-bond donors (Lipinski definition) is 2. The Bertz CT molecular complexity index is 1560. The first kappa shape index (κ1) is 35.5. The van der Waals surface area contributed by atoms with Gasteiger partial charge in [0, 0.05) is 46.9 Å². The third-order valence-corrected chi connectivity index (χ3v) is 7.93. The van der Waals surface area contributed by atoms with Crippen molar-refractivity contribution in [3.8, 4) is 17.2 Å². The number of anilines is 1. The number of methoxy groups -OCH3 is 3. The van der Waals surface area contributed by atoms with Gasteiger partial charge in [0.05, 0.1) is 39.9 Å². The molecule has 0 fully saturated rings. The van der Waals surface area contributed by atoms with Crippen LogP contribution in [0.3, 0.4) is 0 Å². The molecule has 0 radical (unpaired) electrons. The molecule has 0 aromatic heterocycles. The fourth-order valence-electron chi connectivity index (χ4n) is 5.24. The minimum Gasteiger partial charge on any atom is -0.494 e. The molecule has 2 N–H and O–H groups in total. The number of para-hydroxylation sites is 1. The molecule has 0 saturated carbocycles. The molecule has 3 aromatic carbocycles. The highest BCUT2D eigenvalue weighted by molar-refractivity contribution is 6.30. The van der Waals surface area contributed by atoms with Crippen LogP contribution in [0.5, 0.6) is 17.2 Å². The molecule has 0 aliphatic carbocycles. The minimum absolute atomic E-state index is 0.165. The lowest BCUT2D eigenvalue weighted by molar-refractivity contribution is -0.138. The van der Waals surface area contributed by atoms with Crippen molar-refractivity contribution in [3.63, 3.8) is 0 Å². The summed E-state index contributed by atoms with van der Waals surface area (Å²) in [5.74, 6) is 0.233. The molecule has 0 bridgehead atoms. The van der Waals surface area contributed by atoms with Crippen molar-refractivity contribution >= 4 is 35.1 Å². The van der Waals surface area contributed by atoms with E-state index in [9.17, 15) is 19.5 Å². The van der Waals surface area contributed by atoms with E-state index in [0.29, 0.717) is 64.2 Å². The summed E-state index contributed by atoms with van der Waals surface area (Å²) in [6, 6.07) is 17.1. The monoisotopic (exact) mass is 668 g/mol. The molecule has 47 heavy (non-hydrogen) atoms. The Morgan fingerprint density at radius 2 is 1.77 bits per heavy atom. The quantitative estimate of drug-likeness (QED) is 0.181. The zero-order valence-electron chi connectivity index (χ0n) is 27.2. The van der Waals surface area contributed by atoms with Crippen molar-refractivity contribution in [3.05, 3.63) is 82.4 Å². The Balaban J connectivity index is 1.54. The van der Waals surface area contributed by atoms with E-state index in [1.807, 2.05) is 19.9 Å². The van der Waals surface area contributed by atoms with Gasteiger partial charge in [0.15, 0.2) is 11.5 Å². The third kappa shape index (κ3) is 8.73. The summed E-state index contributed by atoms with van der Waals surface area (Å²) in [5.41, 5.74) is 1.50. The number of aliphatic hydroxyl groups excluding tert-OH is 1. The Morgan fingerprint density at radius 1 is 1.02 bits per heavy atom. The van der Waals surface area contributed by atoms with Crippen LogP contribution in [-0.2, 0) is 19.1 Å². The number of ether oxygens (including phenoxy) is 5. The van der Waals surface area contributed by atoms with Gasteiger partial charge in [0.25, 0.3) is 5.91 Å². The maximum atomic E-state index is 14.2. The second kappa shape index (κ2) is 16.0. The van der Waals surface area contributed by atoms with Gasteiger partial charge in [-0.1, -0.05) is 37.6 Å². The summed E-state index contributed by atoms with van der Waals surface area (Å²) in [5, 5.41) is 13.4. The molecule has 4 rings (SSSR count). The van der Waals surface area contributed by atoms with Crippen LogP contribution in [0.15, 0.2) is 60.7 Å². The number of nitrogens with zero attached hydrogens (tertiary/aromatic N) is 1. The predicted molar refractivity (Wildman–Crippen MR) is 176 cm³/mol. The number of esters is 1. The van der Waals surface area contributed by atoms with Gasteiger partial charge in [-0.3, -0.25) is 9.59 Å². The van der Waals surface area contributed by atoms with Crippen LogP contribution < -0.4 is 24.4 Å². The molecular formula is C35H41ClN2O9. The van der Waals surface area contributed by atoms with Crippen LogP contribution in [-0.4, -0.2) is 76.6 Å². The van der Waals surface area contributed by atoms with Crippen molar-refractivity contribution in [2.24, 2.45) is 5.41 Å².